The van der Waals surface area contributed by atoms with Crippen LogP contribution in [0.2, 0.25) is 0 Å². The predicted octanol–water partition coefficient (Wildman–Crippen LogP) is 2.00. The highest BCUT2D eigenvalue weighted by Gasteiger charge is 2.15. The van der Waals surface area contributed by atoms with Crippen molar-refractivity contribution in [2.24, 2.45) is 0 Å². The number of rotatable bonds is 2. The predicted molar refractivity (Wildman–Crippen MR) is 69.2 cm³/mol. The summed E-state index contributed by atoms with van der Waals surface area (Å²) in [6.45, 7) is 3.46. The van der Waals surface area contributed by atoms with Crippen LogP contribution in [0.3, 0.4) is 0 Å². The highest BCUT2D eigenvalue weighted by molar-refractivity contribution is 5.79. The lowest BCUT2D eigenvalue weighted by atomic mass is 10.3. The quantitative estimate of drug-likeness (QED) is 0.852. The van der Waals surface area contributed by atoms with Crippen molar-refractivity contribution in [2.75, 3.05) is 20.3 Å². The van der Waals surface area contributed by atoms with Crippen molar-refractivity contribution in [2.45, 2.75) is 19.4 Å². The van der Waals surface area contributed by atoms with E-state index < -0.39 is 0 Å². The molecule has 0 fully saturated rings. The molecular weight excluding hydrogens is 230 g/mol. The van der Waals surface area contributed by atoms with Gasteiger partial charge in [-0.15, -0.1) is 0 Å². The molecule has 3 rings (SSSR count). The van der Waals surface area contributed by atoms with Crippen molar-refractivity contribution in [1.82, 2.24) is 15.3 Å². The molecule has 96 valence electrons. The summed E-state index contributed by atoms with van der Waals surface area (Å²) in [6.07, 6.45) is 0.915. The van der Waals surface area contributed by atoms with Crippen molar-refractivity contribution in [3.8, 4) is 11.5 Å². The van der Waals surface area contributed by atoms with Crippen molar-refractivity contribution in [3.05, 3.63) is 18.0 Å². The third-order valence-corrected chi connectivity index (χ3v) is 3.21. The van der Waals surface area contributed by atoms with E-state index >= 15 is 0 Å². The molecule has 1 unspecified atom stereocenters. The maximum absolute atomic E-state index is 5.66. The van der Waals surface area contributed by atoms with E-state index in [0.717, 1.165) is 34.8 Å². The summed E-state index contributed by atoms with van der Waals surface area (Å²) in [4.78, 5) is 7.88. The Kier molecular flexibility index (Phi) is 2.83. The summed E-state index contributed by atoms with van der Waals surface area (Å²) < 4.78 is 11.3. The van der Waals surface area contributed by atoms with E-state index in [0.29, 0.717) is 13.2 Å². The van der Waals surface area contributed by atoms with Crippen LogP contribution in [0.4, 0.5) is 0 Å². The van der Waals surface area contributed by atoms with E-state index in [1.165, 1.54) is 0 Å². The zero-order valence-corrected chi connectivity index (χ0v) is 10.6. The van der Waals surface area contributed by atoms with Gasteiger partial charge in [-0.25, -0.2) is 4.98 Å². The molecule has 0 spiro atoms. The minimum atomic E-state index is 0.194. The fourth-order valence-corrected chi connectivity index (χ4v) is 2.03. The standard InChI is InChI=1S/C13H17N3O2/c1-8(14-2)13-15-9-6-11-12(7-10(9)16-13)18-5-3-4-17-11/h6-8,14H,3-5H2,1-2H3,(H,15,16). The number of ether oxygens (including phenoxy) is 2. The molecule has 5 heteroatoms. The van der Waals surface area contributed by atoms with Gasteiger partial charge in [0.05, 0.1) is 30.3 Å². The molecule has 1 aromatic carbocycles. The van der Waals surface area contributed by atoms with Gasteiger partial charge in [0, 0.05) is 18.6 Å². The summed E-state index contributed by atoms with van der Waals surface area (Å²) in [5, 5.41) is 3.17. The summed E-state index contributed by atoms with van der Waals surface area (Å²) >= 11 is 0. The molecule has 0 radical (unpaired) electrons. The maximum Gasteiger partial charge on any atom is 0.163 e. The number of imidazole rings is 1. The van der Waals surface area contributed by atoms with Gasteiger partial charge in [-0.1, -0.05) is 0 Å². The molecule has 1 aromatic heterocycles. The van der Waals surface area contributed by atoms with Gasteiger partial charge < -0.3 is 19.8 Å². The summed E-state index contributed by atoms with van der Waals surface area (Å²) in [6, 6.07) is 4.10. The van der Waals surface area contributed by atoms with Gasteiger partial charge in [-0.2, -0.15) is 0 Å². The van der Waals surface area contributed by atoms with E-state index in [4.69, 9.17) is 9.47 Å². The number of fused-ring (bicyclic) bond motifs is 2. The van der Waals surface area contributed by atoms with E-state index in [2.05, 4.69) is 22.2 Å². The molecule has 0 amide bonds. The largest absolute Gasteiger partial charge is 0.489 e. The Bertz CT molecular complexity index is 522. The van der Waals surface area contributed by atoms with Crippen LogP contribution in [-0.4, -0.2) is 30.2 Å². The van der Waals surface area contributed by atoms with E-state index in [1.54, 1.807) is 0 Å². The Balaban J connectivity index is 2.06. The Morgan fingerprint density at radius 1 is 1.28 bits per heavy atom. The van der Waals surface area contributed by atoms with Gasteiger partial charge >= 0.3 is 0 Å². The molecule has 18 heavy (non-hydrogen) atoms. The van der Waals surface area contributed by atoms with Gasteiger partial charge in [-0.05, 0) is 14.0 Å². The maximum atomic E-state index is 5.66. The summed E-state index contributed by atoms with van der Waals surface area (Å²) in [7, 11) is 1.92. The number of H-pyrrole nitrogens is 1. The average molecular weight is 247 g/mol. The number of aromatic nitrogens is 2. The van der Waals surface area contributed by atoms with E-state index in [9.17, 15) is 0 Å². The highest BCUT2D eigenvalue weighted by Crippen LogP contribution is 2.33. The Morgan fingerprint density at radius 2 is 2.00 bits per heavy atom. The van der Waals surface area contributed by atoms with Crippen molar-refractivity contribution in [1.29, 1.82) is 0 Å². The normalized spacial score (nSPS) is 16.6. The monoisotopic (exact) mass is 247 g/mol. The zero-order valence-electron chi connectivity index (χ0n) is 10.6. The van der Waals surface area contributed by atoms with Crippen LogP contribution in [0.1, 0.15) is 25.2 Å². The molecular formula is C13H17N3O2. The lowest BCUT2D eigenvalue weighted by molar-refractivity contribution is 0.297. The van der Waals surface area contributed by atoms with Crippen molar-refractivity contribution >= 4 is 11.0 Å². The van der Waals surface area contributed by atoms with E-state index in [-0.39, 0.29) is 6.04 Å². The third-order valence-electron chi connectivity index (χ3n) is 3.21. The number of benzene rings is 1. The molecule has 5 nitrogen and oxygen atoms in total. The summed E-state index contributed by atoms with van der Waals surface area (Å²) in [5.41, 5.74) is 1.90. The van der Waals surface area contributed by atoms with Crippen LogP contribution in [-0.2, 0) is 0 Å². The fraction of sp³-hybridized carbons (Fsp3) is 0.462. The smallest absolute Gasteiger partial charge is 0.163 e. The van der Waals surface area contributed by atoms with Crippen molar-refractivity contribution < 1.29 is 9.47 Å². The first-order chi connectivity index (χ1) is 8.78. The van der Waals surface area contributed by atoms with Crippen molar-refractivity contribution in [3.63, 3.8) is 0 Å². The van der Waals surface area contributed by atoms with Gasteiger partial charge in [0.15, 0.2) is 11.5 Å². The van der Waals surface area contributed by atoms with Crippen LogP contribution in [0.5, 0.6) is 11.5 Å². The third kappa shape index (κ3) is 1.90. The molecule has 0 saturated carbocycles. The van der Waals surface area contributed by atoms with E-state index in [1.807, 2.05) is 19.2 Å². The van der Waals surface area contributed by atoms with Crippen LogP contribution < -0.4 is 14.8 Å². The lowest BCUT2D eigenvalue weighted by Crippen LogP contribution is -2.13. The average Bonchev–Trinajstić information content (AvgIpc) is 2.66. The molecule has 0 bridgehead atoms. The number of hydrogen-bond acceptors (Lipinski definition) is 4. The highest BCUT2D eigenvalue weighted by atomic mass is 16.5. The zero-order chi connectivity index (χ0) is 12.5. The fourth-order valence-electron chi connectivity index (χ4n) is 2.03. The minimum Gasteiger partial charge on any atom is -0.489 e. The molecule has 1 aliphatic heterocycles. The first-order valence-electron chi connectivity index (χ1n) is 6.24. The molecule has 2 N–H and O–H groups in total. The SMILES string of the molecule is CNC(C)c1nc2cc3c(cc2[nH]1)OCCCO3. The second kappa shape index (κ2) is 4.49. The van der Waals surface area contributed by atoms with Crippen LogP contribution >= 0.6 is 0 Å². The second-order valence-electron chi connectivity index (χ2n) is 4.50. The molecule has 1 atom stereocenters. The number of nitrogens with zero attached hydrogens (tertiary/aromatic N) is 1. The first-order valence-corrected chi connectivity index (χ1v) is 6.24. The molecule has 0 aliphatic carbocycles. The first kappa shape index (κ1) is 11.3. The van der Waals surface area contributed by atoms with Crippen LogP contribution in [0.15, 0.2) is 12.1 Å². The molecule has 2 aromatic rings. The molecule has 2 heterocycles. The topological polar surface area (TPSA) is 59.2 Å². The second-order valence-corrected chi connectivity index (χ2v) is 4.50. The Labute approximate surface area is 106 Å². The van der Waals surface area contributed by atoms with Gasteiger partial charge in [0.25, 0.3) is 0 Å². The Morgan fingerprint density at radius 3 is 2.72 bits per heavy atom. The summed E-state index contributed by atoms with van der Waals surface area (Å²) in [5.74, 6) is 2.51. The van der Waals surface area contributed by atoms with Gasteiger partial charge in [0.2, 0.25) is 0 Å². The van der Waals surface area contributed by atoms with Crippen LogP contribution in [0, 0.1) is 0 Å². The van der Waals surface area contributed by atoms with Crippen LogP contribution in [0.25, 0.3) is 11.0 Å². The van der Waals surface area contributed by atoms with Gasteiger partial charge in [0.1, 0.15) is 5.82 Å². The number of aromatic amines is 1. The number of nitrogens with one attached hydrogen (secondary N) is 2. The molecule has 0 saturated heterocycles. The Hall–Kier alpha value is -1.75. The lowest BCUT2D eigenvalue weighted by Gasteiger charge is -2.05. The number of hydrogen-bond donors (Lipinski definition) is 2. The minimum absolute atomic E-state index is 0.194. The van der Waals surface area contributed by atoms with Gasteiger partial charge in [-0.3, -0.25) is 0 Å². The molecule has 1 aliphatic rings.